The van der Waals surface area contributed by atoms with Gasteiger partial charge in [-0.2, -0.15) is 0 Å². The number of urea groups is 1. The highest BCUT2D eigenvalue weighted by atomic mass is 32.2. The summed E-state index contributed by atoms with van der Waals surface area (Å²) in [4.78, 5) is 12.9. The Morgan fingerprint density at radius 1 is 0.943 bits per heavy atom. The molecule has 0 bridgehead atoms. The van der Waals surface area contributed by atoms with Gasteiger partial charge in [0.05, 0.1) is 4.90 Å². The van der Waals surface area contributed by atoms with Crippen LogP contribution in [0, 0.1) is 12.8 Å². The van der Waals surface area contributed by atoms with Crippen molar-refractivity contribution < 1.29 is 13.2 Å². The molecule has 1 unspecified atom stereocenters. The van der Waals surface area contributed by atoms with Crippen LogP contribution in [-0.2, 0) is 10.0 Å². The second kappa shape index (κ2) is 10.5. The lowest BCUT2D eigenvalue weighted by atomic mass is 9.90. The van der Waals surface area contributed by atoms with Crippen LogP contribution in [0.5, 0.6) is 0 Å². The number of rotatable bonds is 7. The zero-order valence-corrected chi connectivity index (χ0v) is 22.2. The van der Waals surface area contributed by atoms with E-state index in [4.69, 9.17) is 0 Å². The Hall–Kier alpha value is -2.69. The summed E-state index contributed by atoms with van der Waals surface area (Å²) in [6.45, 7) is 6.22. The smallest absolute Gasteiger partial charge is 0.328 e. The first-order valence-electron chi connectivity index (χ1n) is 12.0. The minimum absolute atomic E-state index is 0.0411. The van der Waals surface area contributed by atoms with Crippen LogP contribution in [0.1, 0.15) is 38.7 Å². The third kappa shape index (κ3) is 5.60. The molecule has 0 aliphatic heterocycles. The lowest BCUT2D eigenvalue weighted by molar-refractivity contribution is 0.235. The molecule has 3 atom stereocenters. The fraction of sp³-hybridized carbons (Fsp3) is 0.321. The summed E-state index contributed by atoms with van der Waals surface area (Å²) >= 11 is 0. The molecule has 0 aromatic heterocycles. The fourth-order valence-electron chi connectivity index (χ4n) is 5.37. The summed E-state index contributed by atoms with van der Waals surface area (Å²) in [5.74, 6) is 0.210. The first-order valence-corrected chi connectivity index (χ1v) is 14.8. The maximum Gasteiger partial charge on any atom is 0.328 e. The third-order valence-corrected chi connectivity index (χ3v) is 11.6. The van der Waals surface area contributed by atoms with Gasteiger partial charge in [0, 0.05) is 11.2 Å². The van der Waals surface area contributed by atoms with Crippen LogP contribution >= 0.6 is 7.92 Å². The molecule has 2 N–H and O–H groups in total. The highest BCUT2D eigenvalue weighted by Gasteiger charge is 2.48. The molecule has 0 heterocycles. The van der Waals surface area contributed by atoms with Crippen LogP contribution in [0.2, 0.25) is 0 Å². The largest absolute Gasteiger partial charge is 0.335 e. The molecule has 3 aromatic rings. The molecule has 35 heavy (non-hydrogen) atoms. The fourth-order valence-corrected chi connectivity index (χ4v) is 9.77. The highest BCUT2D eigenvalue weighted by Crippen LogP contribution is 2.59. The molecule has 1 fully saturated rings. The minimum atomic E-state index is -3.93. The lowest BCUT2D eigenvalue weighted by Crippen LogP contribution is -2.50. The normalized spacial score (nSPS) is 21.0. The number of nitrogens with one attached hydrogen (secondary N) is 2. The molecule has 2 amide bonds. The minimum Gasteiger partial charge on any atom is -0.335 e. The standard InChI is InChI=1S/C28H33N2O3PS/c1-21-16-18-25(19-17-21)35(32,33)30-27(31)29-22(2)26-15-10-20-28(26,3)34(23-11-6-4-7-12-23)24-13-8-5-9-14-24/h4-9,11-14,16-19,22,26H,10,15,20H2,1-3H3,(H2,29,30,31)/t22-,26+,28?/m1/s1. The van der Waals surface area contributed by atoms with Gasteiger partial charge in [-0.3, -0.25) is 0 Å². The van der Waals surface area contributed by atoms with Crippen LogP contribution in [0.3, 0.4) is 0 Å². The summed E-state index contributed by atoms with van der Waals surface area (Å²) < 4.78 is 27.6. The van der Waals surface area contributed by atoms with Gasteiger partial charge in [0.2, 0.25) is 0 Å². The maximum absolute atomic E-state index is 12.8. The van der Waals surface area contributed by atoms with Gasteiger partial charge in [0.25, 0.3) is 10.0 Å². The molecule has 1 aliphatic rings. The van der Waals surface area contributed by atoms with Gasteiger partial charge in [0.15, 0.2) is 0 Å². The second-order valence-corrected chi connectivity index (χ2v) is 14.0. The predicted octanol–water partition coefficient (Wildman–Crippen LogP) is 5.06. The Kier molecular flexibility index (Phi) is 7.63. The molecular weight excluding hydrogens is 475 g/mol. The predicted molar refractivity (Wildman–Crippen MR) is 144 cm³/mol. The summed E-state index contributed by atoms with van der Waals surface area (Å²) in [5.41, 5.74) is 0.955. The summed E-state index contributed by atoms with van der Waals surface area (Å²) in [6, 6.07) is 26.8. The molecule has 3 aromatic carbocycles. The van der Waals surface area contributed by atoms with E-state index in [2.05, 4.69) is 65.5 Å². The van der Waals surface area contributed by atoms with E-state index >= 15 is 0 Å². The van der Waals surface area contributed by atoms with Gasteiger partial charge in [-0.25, -0.2) is 17.9 Å². The van der Waals surface area contributed by atoms with Crippen LogP contribution < -0.4 is 20.6 Å². The quantitative estimate of drug-likeness (QED) is 0.438. The Bertz CT molecular complexity index is 1210. The average molecular weight is 509 g/mol. The van der Waals surface area contributed by atoms with Gasteiger partial charge >= 0.3 is 6.03 Å². The van der Waals surface area contributed by atoms with E-state index in [0.29, 0.717) is 0 Å². The van der Waals surface area contributed by atoms with E-state index in [-0.39, 0.29) is 22.0 Å². The van der Waals surface area contributed by atoms with E-state index in [0.717, 1.165) is 24.8 Å². The molecule has 7 heteroatoms. The van der Waals surface area contributed by atoms with Crippen LogP contribution in [0.25, 0.3) is 0 Å². The van der Waals surface area contributed by atoms with Crippen molar-refractivity contribution in [2.75, 3.05) is 0 Å². The molecular formula is C28H33N2O3PS. The van der Waals surface area contributed by atoms with Gasteiger partial charge in [-0.1, -0.05) is 91.7 Å². The van der Waals surface area contributed by atoms with Crippen molar-refractivity contribution in [1.29, 1.82) is 0 Å². The van der Waals surface area contributed by atoms with Crippen molar-refractivity contribution in [2.45, 2.75) is 56.1 Å². The zero-order chi connectivity index (χ0) is 25.1. The monoisotopic (exact) mass is 508 g/mol. The molecule has 5 nitrogen and oxygen atoms in total. The molecule has 1 saturated carbocycles. The topological polar surface area (TPSA) is 75.3 Å². The van der Waals surface area contributed by atoms with Crippen molar-refractivity contribution in [3.63, 3.8) is 0 Å². The van der Waals surface area contributed by atoms with Crippen molar-refractivity contribution in [2.24, 2.45) is 5.92 Å². The molecule has 184 valence electrons. The van der Waals surface area contributed by atoms with Gasteiger partial charge in [-0.15, -0.1) is 0 Å². The summed E-state index contributed by atoms with van der Waals surface area (Å²) in [6.07, 6.45) is 3.12. The number of benzene rings is 3. The first kappa shape index (κ1) is 25.4. The van der Waals surface area contributed by atoms with Crippen LogP contribution in [-0.4, -0.2) is 25.6 Å². The number of carbonyl (C=O) groups excluding carboxylic acids is 1. The van der Waals surface area contributed by atoms with Gasteiger partial charge in [-0.05, 0) is 63.3 Å². The van der Waals surface area contributed by atoms with E-state index in [9.17, 15) is 13.2 Å². The van der Waals surface area contributed by atoms with E-state index in [1.165, 1.54) is 22.7 Å². The van der Waals surface area contributed by atoms with E-state index < -0.39 is 24.0 Å². The average Bonchev–Trinajstić information content (AvgIpc) is 3.22. The van der Waals surface area contributed by atoms with Crippen molar-refractivity contribution in [3.8, 4) is 0 Å². The lowest BCUT2D eigenvalue weighted by Gasteiger charge is -2.43. The van der Waals surface area contributed by atoms with Gasteiger partial charge in [0.1, 0.15) is 0 Å². The molecule has 0 radical (unpaired) electrons. The van der Waals surface area contributed by atoms with Crippen molar-refractivity contribution in [1.82, 2.24) is 10.0 Å². The number of hydrogen-bond acceptors (Lipinski definition) is 3. The third-order valence-electron chi connectivity index (χ3n) is 7.06. The Balaban J connectivity index is 1.55. The van der Waals surface area contributed by atoms with Gasteiger partial charge < -0.3 is 5.32 Å². The summed E-state index contributed by atoms with van der Waals surface area (Å²) in [7, 11) is -4.62. The number of hydrogen-bond donors (Lipinski definition) is 2. The molecule has 1 aliphatic carbocycles. The number of aryl methyl sites for hydroxylation is 1. The van der Waals surface area contributed by atoms with E-state index in [1.807, 2.05) is 26.0 Å². The second-order valence-electron chi connectivity index (χ2n) is 9.54. The van der Waals surface area contributed by atoms with Crippen molar-refractivity contribution >= 4 is 34.6 Å². The highest BCUT2D eigenvalue weighted by molar-refractivity contribution is 7.90. The van der Waals surface area contributed by atoms with Crippen molar-refractivity contribution in [3.05, 3.63) is 90.5 Å². The maximum atomic E-state index is 12.8. The number of sulfonamides is 1. The first-order chi connectivity index (χ1) is 16.7. The van der Waals surface area contributed by atoms with E-state index in [1.54, 1.807) is 12.1 Å². The Labute approximate surface area is 210 Å². The van der Waals surface area contributed by atoms with Crippen LogP contribution in [0.15, 0.2) is 89.8 Å². The SMILES string of the molecule is Cc1ccc(S(=O)(=O)NC(=O)N[C@H](C)[C@@H]2CCCC2(C)P(c2ccccc2)c2ccccc2)cc1. The Morgan fingerprint density at radius 2 is 1.49 bits per heavy atom. The zero-order valence-electron chi connectivity index (χ0n) is 20.4. The molecule has 0 saturated heterocycles. The molecule has 4 rings (SSSR count). The number of amides is 2. The Morgan fingerprint density at radius 3 is 2.03 bits per heavy atom. The van der Waals surface area contributed by atoms with Crippen LogP contribution in [0.4, 0.5) is 4.79 Å². The summed E-state index contributed by atoms with van der Waals surface area (Å²) in [5, 5.41) is 5.55. The molecule has 0 spiro atoms. The number of carbonyl (C=O) groups is 1.